The monoisotopic (exact) mass is 368 g/mol. The minimum Gasteiger partial charge on any atom is -0.457 e. The van der Waals surface area contributed by atoms with Crippen molar-refractivity contribution in [2.45, 2.75) is 58.2 Å². The highest BCUT2D eigenvalue weighted by Crippen LogP contribution is 2.23. The number of rotatable bonds is 10. The van der Waals surface area contributed by atoms with Crippen LogP contribution in [-0.4, -0.2) is 11.9 Å². The van der Waals surface area contributed by atoms with Crippen LogP contribution in [0.3, 0.4) is 0 Å². The lowest BCUT2D eigenvalue weighted by Gasteiger charge is -2.17. The van der Waals surface area contributed by atoms with Gasteiger partial charge in [-0.2, -0.15) is 0 Å². The fourth-order valence-corrected chi connectivity index (χ4v) is 2.92. The lowest BCUT2D eigenvalue weighted by Crippen LogP contribution is -2.13. The molecule has 2 rings (SSSR count). The molecule has 4 heteroatoms. The van der Waals surface area contributed by atoms with Crippen LogP contribution in [0.4, 0.5) is 0 Å². The van der Waals surface area contributed by atoms with Gasteiger partial charge >= 0.3 is 11.9 Å². The fraction of sp³-hybridized carbons (Fsp3) is 0.391. The molecule has 2 aromatic rings. The van der Waals surface area contributed by atoms with Crippen molar-refractivity contribution in [2.75, 3.05) is 0 Å². The van der Waals surface area contributed by atoms with E-state index in [9.17, 15) is 9.59 Å². The summed E-state index contributed by atoms with van der Waals surface area (Å²) in [6.45, 7) is 3.97. The van der Waals surface area contributed by atoms with Crippen molar-refractivity contribution < 1.29 is 19.1 Å². The zero-order valence-corrected chi connectivity index (χ0v) is 16.1. The van der Waals surface area contributed by atoms with Crippen LogP contribution in [0.15, 0.2) is 60.7 Å². The topological polar surface area (TPSA) is 52.6 Å². The summed E-state index contributed by atoms with van der Waals surface area (Å²) < 4.78 is 11.1. The molecule has 0 spiro atoms. The van der Waals surface area contributed by atoms with Crippen molar-refractivity contribution in [3.8, 4) is 0 Å². The Bertz CT molecular complexity index is 635. The Hall–Kier alpha value is -2.62. The van der Waals surface area contributed by atoms with E-state index in [0.29, 0.717) is 19.3 Å². The molecule has 0 aromatic heterocycles. The molecule has 27 heavy (non-hydrogen) atoms. The summed E-state index contributed by atoms with van der Waals surface area (Å²) in [5.74, 6) is -0.567. The second-order valence-electron chi connectivity index (χ2n) is 6.45. The van der Waals surface area contributed by atoms with E-state index < -0.39 is 0 Å². The summed E-state index contributed by atoms with van der Waals surface area (Å²) in [6.07, 6.45) is 1.79. The maximum Gasteiger partial charge on any atom is 0.306 e. The fourth-order valence-electron chi connectivity index (χ4n) is 2.92. The first-order valence-corrected chi connectivity index (χ1v) is 9.62. The molecule has 144 valence electrons. The van der Waals surface area contributed by atoms with Crippen LogP contribution in [0.5, 0.6) is 0 Å². The molecule has 0 aliphatic carbocycles. The smallest absolute Gasteiger partial charge is 0.306 e. The van der Waals surface area contributed by atoms with Gasteiger partial charge in [0.05, 0.1) is 0 Å². The Labute approximate surface area is 161 Å². The van der Waals surface area contributed by atoms with Crippen molar-refractivity contribution in [3.63, 3.8) is 0 Å². The second kappa shape index (κ2) is 11.2. The SMILES string of the molecule is CCC(OC(=O)CCCC(=O)OC(CC)c1ccccc1)c1ccccc1. The number of carbonyl (C=O) groups excluding carboxylic acids is 2. The van der Waals surface area contributed by atoms with Crippen LogP contribution in [0.1, 0.15) is 69.3 Å². The quantitative estimate of drug-likeness (QED) is 0.516. The van der Waals surface area contributed by atoms with E-state index in [2.05, 4.69) is 0 Å². The van der Waals surface area contributed by atoms with E-state index in [0.717, 1.165) is 11.1 Å². The first kappa shape index (κ1) is 20.7. The predicted molar refractivity (Wildman–Crippen MR) is 105 cm³/mol. The van der Waals surface area contributed by atoms with Gasteiger partial charge in [-0.15, -0.1) is 0 Å². The Balaban J connectivity index is 1.74. The molecule has 2 aromatic carbocycles. The van der Waals surface area contributed by atoms with E-state index in [1.165, 1.54) is 0 Å². The van der Waals surface area contributed by atoms with Crippen LogP contribution in [0, 0.1) is 0 Å². The van der Waals surface area contributed by atoms with Gasteiger partial charge in [-0.3, -0.25) is 9.59 Å². The standard InChI is InChI=1S/C23H28O4/c1-3-20(18-12-7-5-8-13-18)26-22(24)16-11-17-23(25)27-21(4-2)19-14-9-6-10-15-19/h5-10,12-15,20-21H,3-4,11,16-17H2,1-2H3. The highest BCUT2D eigenvalue weighted by Gasteiger charge is 2.17. The van der Waals surface area contributed by atoms with E-state index in [1.807, 2.05) is 74.5 Å². The van der Waals surface area contributed by atoms with Gasteiger partial charge in [0.15, 0.2) is 0 Å². The molecule has 0 saturated heterocycles. The molecular formula is C23H28O4. The van der Waals surface area contributed by atoms with E-state index >= 15 is 0 Å². The van der Waals surface area contributed by atoms with E-state index in [-0.39, 0.29) is 37.0 Å². The number of esters is 2. The van der Waals surface area contributed by atoms with Gasteiger partial charge in [0.1, 0.15) is 12.2 Å². The highest BCUT2D eigenvalue weighted by atomic mass is 16.5. The maximum atomic E-state index is 12.1. The molecule has 0 N–H and O–H groups in total. The van der Waals surface area contributed by atoms with E-state index in [1.54, 1.807) is 0 Å². The van der Waals surface area contributed by atoms with Crippen LogP contribution >= 0.6 is 0 Å². The Morgan fingerprint density at radius 2 is 1.07 bits per heavy atom. The van der Waals surface area contributed by atoms with Crippen LogP contribution < -0.4 is 0 Å². The summed E-state index contributed by atoms with van der Waals surface area (Å²) >= 11 is 0. The van der Waals surface area contributed by atoms with Gasteiger partial charge in [0, 0.05) is 12.8 Å². The third kappa shape index (κ3) is 6.89. The first-order chi connectivity index (χ1) is 13.1. The minimum atomic E-state index is -0.284. The minimum absolute atomic E-state index is 0.209. The molecule has 4 nitrogen and oxygen atoms in total. The van der Waals surface area contributed by atoms with Crippen LogP contribution in [0.25, 0.3) is 0 Å². The number of ether oxygens (including phenoxy) is 2. The van der Waals surface area contributed by atoms with Crippen LogP contribution in [-0.2, 0) is 19.1 Å². The number of hydrogen-bond acceptors (Lipinski definition) is 4. The zero-order valence-electron chi connectivity index (χ0n) is 16.1. The molecule has 0 bridgehead atoms. The van der Waals surface area contributed by atoms with Gasteiger partial charge in [0.25, 0.3) is 0 Å². The molecule has 2 unspecified atom stereocenters. The first-order valence-electron chi connectivity index (χ1n) is 9.62. The van der Waals surface area contributed by atoms with Crippen molar-refractivity contribution in [3.05, 3.63) is 71.8 Å². The number of hydrogen-bond donors (Lipinski definition) is 0. The van der Waals surface area contributed by atoms with Gasteiger partial charge in [-0.25, -0.2) is 0 Å². The predicted octanol–water partition coefficient (Wildman–Crippen LogP) is 5.55. The molecule has 0 heterocycles. The van der Waals surface area contributed by atoms with Crippen molar-refractivity contribution in [1.82, 2.24) is 0 Å². The molecule has 2 atom stereocenters. The van der Waals surface area contributed by atoms with Crippen molar-refractivity contribution in [1.29, 1.82) is 0 Å². The van der Waals surface area contributed by atoms with Crippen LogP contribution in [0.2, 0.25) is 0 Å². The molecule has 0 fully saturated rings. The van der Waals surface area contributed by atoms with Gasteiger partial charge in [-0.1, -0.05) is 74.5 Å². The summed E-state index contributed by atoms with van der Waals surface area (Å²) in [4.78, 5) is 24.2. The third-order valence-electron chi connectivity index (χ3n) is 4.39. The summed E-state index contributed by atoms with van der Waals surface area (Å²) in [5, 5.41) is 0. The lowest BCUT2D eigenvalue weighted by molar-refractivity contribution is -0.151. The maximum absolute atomic E-state index is 12.1. The number of carbonyl (C=O) groups is 2. The third-order valence-corrected chi connectivity index (χ3v) is 4.39. The average molecular weight is 368 g/mol. The van der Waals surface area contributed by atoms with Gasteiger partial charge < -0.3 is 9.47 Å². The average Bonchev–Trinajstić information content (AvgIpc) is 2.71. The Kier molecular flexibility index (Phi) is 8.56. The van der Waals surface area contributed by atoms with Crippen molar-refractivity contribution in [2.24, 2.45) is 0 Å². The summed E-state index contributed by atoms with van der Waals surface area (Å²) in [6, 6.07) is 19.4. The zero-order chi connectivity index (χ0) is 19.5. The number of benzene rings is 2. The van der Waals surface area contributed by atoms with E-state index in [4.69, 9.17) is 9.47 Å². The molecule has 0 aliphatic heterocycles. The molecule has 0 aliphatic rings. The lowest BCUT2D eigenvalue weighted by atomic mass is 10.1. The van der Waals surface area contributed by atoms with Gasteiger partial charge in [0.2, 0.25) is 0 Å². The summed E-state index contributed by atoms with van der Waals surface area (Å²) in [7, 11) is 0. The highest BCUT2D eigenvalue weighted by molar-refractivity contribution is 5.73. The normalized spacial score (nSPS) is 12.8. The molecule has 0 radical (unpaired) electrons. The Morgan fingerprint density at radius 3 is 1.41 bits per heavy atom. The van der Waals surface area contributed by atoms with Crippen molar-refractivity contribution >= 4 is 11.9 Å². The second-order valence-corrected chi connectivity index (χ2v) is 6.45. The Morgan fingerprint density at radius 1 is 0.704 bits per heavy atom. The largest absolute Gasteiger partial charge is 0.457 e. The molecule has 0 amide bonds. The summed E-state index contributed by atoms with van der Waals surface area (Å²) in [5.41, 5.74) is 1.97. The molecular weight excluding hydrogens is 340 g/mol. The molecule has 0 saturated carbocycles. The van der Waals surface area contributed by atoms with Gasteiger partial charge in [-0.05, 0) is 30.4 Å².